The van der Waals surface area contributed by atoms with Crippen molar-refractivity contribution in [3.63, 3.8) is 0 Å². The number of aryl methyl sites for hydroxylation is 2. The zero-order chi connectivity index (χ0) is 26.3. The number of anilines is 1. The normalized spacial score (nSPS) is 17.1. The fourth-order valence-electron chi connectivity index (χ4n) is 5.20. The van der Waals surface area contributed by atoms with E-state index in [4.69, 9.17) is 33.3 Å². The molecule has 0 unspecified atom stereocenters. The molecule has 1 saturated heterocycles. The summed E-state index contributed by atoms with van der Waals surface area (Å²) >= 11 is 12.3. The highest BCUT2D eigenvalue weighted by Gasteiger charge is 2.43. The van der Waals surface area contributed by atoms with Crippen LogP contribution >= 0.6 is 23.8 Å². The number of aromatic nitrogens is 2. The minimum Gasteiger partial charge on any atom is -0.497 e. The van der Waals surface area contributed by atoms with E-state index >= 15 is 0 Å². The molecule has 2 aromatic heterocycles. The highest BCUT2D eigenvalue weighted by molar-refractivity contribution is 7.80. The molecule has 1 aliphatic heterocycles. The van der Waals surface area contributed by atoms with Gasteiger partial charge in [-0.3, -0.25) is 4.98 Å². The molecule has 5 rings (SSSR count). The third kappa shape index (κ3) is 4.43. The molecule has 0 amide bonds. The number of hydrogen-bond acceptors (Lipinski definition) is 4. The Kier molecular flexibility index (Phi) is 6.84. The molecular weight excluding hydrogens is 504 g/mol. The summed E-state index contributed by atoms with van der Waals surface area (Å²) < 4.78 is 13.5. The van der Waals surface area contributed by atoms with Crippen LogP contribution in [0.25, 0.3) is 5.69 Å². The van der Waals surface area contributed by atoms with Crippen molar-refractivity contribution >= 4 is 34.6 Å². The van der Waals surface area contributed by atoms with Gasteiger partial charge < -0.3 is 24.3 Å². The maximum atomic E-state index is 6.41. The van der Waals surface area contributed by atoms with E-state index in [2.05, 4.69) is 46.6 Å². The van der Waals surface area contributed by atoms with Crippen LogP contribution in [0.15, 0.2) is 66.9 Å². The van der Waals surface area contributed by atoms with Crippen LogP contribution in [0.2, 0.25) is 5.02 Å². The standard InChI is InChI=1S/C29H29ClN4O2S/c1-17-9-10-20(30)15-25(17)33-18(2)14-22(19(33)3)28-27(23-8-6-7-13-31-23)32-29(37)34(28)24-12-11-21(35-4)16-26(24)36-5/h6-16,27-28H,1-5H3,(H,32,37)/t27-,28-/m0/s1. The van der Waals surface area contributed by atoms with Crippen LogP contribution in [0, 0.1) is 20.8 Å². The van der Waals surface area contributed by atoms with E-state index in [0.29, 0.717) is 21.6 Å². The van der Waals surface area contributed by atoms with Crippen LogP contribution in [-0.4, -0.2) is 28.9 Å². The molecule has 0 spiro atoms. The molecule has 37 heavy (non-hydrogen) atoms. The van der Waals surface area contributed by atoms with Crippen LogP contribution < -0.4 is 19.7 Å². The van der Waals surface area contributed by atoms with Gasteiger partial charge in [-0.15, -0.1) is 0 Å². The summed E-state index contributed by atoms with van der Waals surface area (Å²) in [5.74, 6) is 1.39. The molecular formula is C29H29ClN4O2S. The van der Waals surface area contributed by atoms with Crippen LogP contribution in [0.1, 0.15) is 40.3 Å². The SMILES string of the molecule is COc1ccc(N2C(=S)N[C@@H](c3ccccn3)[C@@H]2c2cc(C)n(-c3cc(Cl)ccc3C)c2C)c(OC)c1. The fourth-order valence-corrected chi connectivity index (χ4v) is 5.70. The first kappa shape index (κ1) is 25.1. The number of thiocarbonyl (C=S) groups is 1. The largest absolute Gasteiger partial charge is 0.497 e. The molecule has 1 aliphatic rings. The number of nitrogens with one attached hydrogen (secondary N) is 1. The van der Waals surface area contributed by atoms with Crippen molar-refractivity contribution in [2.45, 2.75) is 32.9 Å². The Morgan fingerprint density at radius 1 is 0.946 bits per heavy atom. The van der Waals surface area contributed by atoms with Gasteiger partial charge in [-0.2, -0.15) is 0 Å². The van der Waals surface area contributed by atoms with Crippen molar-refractivity contribution < 1.29 is 9.47 Å². The molecule has 0 bridgehead atoms. The van der Waals surface area contributed by atoms with Crippen LogP contribution in [-0.2, 0) is 0 Å². The summed E-state index contributed by atoms with van der Waals surface area (Å²) in [6.45, 7) is 6.36. The zero-order valence-corrected chi connectivity index (χ0v) is 23.0. The zero-order valence-electron chi connectivity index (χ0n) is 21.4. The Labute approximate surface area is 227 Å². The monoisotopic (exact) mass is 532 g/mol. The number of hydrogen-bond donors (Lipinski definition) is 1. The molecule has 2 atom stereocenters. The summed E-state index contributed by atoms with van der Waals surface area (Å²) in [7, 11) is 3.30. The average Bonchev–Trinajstić information content (AvgIpc) is 3.40. The van der Waals surface area contributed by atoms with E-state index < -0.39 is 0 Å². The number of pyridine rings is 1. The van der Waals surface area contributed by atoms with Gasteiger partial charge in [0.2, 0.25) is 0 Å². The second-order valence-electron chi connectivity index (χ2n) is 9.13. The third-order valence-electron chi connectivity index (χ3n) is 6.95. The number of methoxy groups -OCH3 is 2. The van der Waals surface area contributed by atoms with Crippen molar-refractivity contribution in [3.05, 3.63) is 100 Å². The molecule has 1 N–H and O–H groups in total. The van der Waals surface area contributed by atoms with Gasteiger partial charge in [0.1, 0.15) is 11.5 Å². The second kappa shape index (κ2) is 10.1. The minimum absolute atomic E-state index is 0.171. The van der Waals surface area contributed by atoms with Crippen molar-refractivity contribution in [1.82, 2.24) is 14.9 Å². The van der Waals surface area contributed by atoms with Crippen molar-refractivity contribution in [2.24, 2.45) is 0 Å². The molecule has 8 heteroatoms. The lowest BCUT2D eigenvalue weighted by molar-refractivity contribution is 0.394. The van der Waals surface area contributed by atoms with Gasteiger partial charge in [-0.25, -0.2) is 0 Å². The van der Waals surface area contributed by atoms with E-state index in [0.717, 1.165) is 39.6 Å². The highest BCUT2D eigenvalue weighted by atomic mass is 35.5. The Balaban J connectivity index is 1.72. The molecule has 0 aliphatic carbocycles. The quantitative estimate of drug-likeness (QED) is 0.281. The van der Waals surface area contributed by atoms with E-state index in [-0.39, 0.29) is 12.1 Å². The Morgan fingerprint density at radius 3 is 2.46 bits per heavy atom. The molecule has 6 nitrogen and oxygen atoms in total. The van der Waals surface area contributed by atoms with Crippen LogP contribution in [0.4, 0.5) is 5.69 Å². The summed E-state index contributed by atoms with van der Waals surface area (Å²) in [5.41, 5.74) is 7.33. The number of halogens is 1. The first-order valence-electron chi connectivity index (χ1n) is 12.0. The average molecular weight is 533 g/mol. The fraction of sp³-hybridized carbons (Fsp3) is 0.241. The van der Waals surface area contributed by atoms with Gasteiger partial charge in [0.25, 0.3) is 0 Å². The number of benzene rings is 2. The first-order valence-corrected chi connectivity index (χ1v) is 12.8. The van der Waals surface area contributed by atoms with Crippen LogP contribution in [0.3, 0.4) is 0 Å². The predicted octanol–water partition coefficient (Wildman–Crippen LogP) is 6.65. The highest BCUT2D eigenvalue weighted by Crippen LogP contribution is 2.47. The predicted molar refractivity (Wildman–Crippen MR) is 152 cm³/mol. The van der Waals surface area contributed by atoms with Crippen LogP contribution in [0.5, 0.6) is 11.5 Å². The van der Waals surface area contributed by atoms with Gasteiger partial charge in [-0.1, -0.05) is 23.7 Å². The minimum atomic E-state index is -0.177. The Bertz CT molecular complexity index is 1470. The maximum absolute atomic E-state index is 6.41. The number of rotatable bonds is 6. The topological polar surface area (TPSA) is 51.5 Å². The molecule has 3 heterocycles. The lowest BCUT2D eigenvalue weighted by Gasteiger charge is -2.29. The van der Waals surface area contributed by atoms with Crippen molar-refractivity contribution in [1.29, 1.82) is 0 Å². The molecule has 0 radical (unpaired) electrons. The maximum Gasteiger partial charge on any atom is 0.174 e. The third-order valence-corrected chi connectivity index (χ3v) is 7.50. The summed E-state index contributed by atoms with van der Waals surface area (Å²) in [6.07, 6.45) is 1.81. The van der Waals surface area contributed by atoms with Gasteiger partial charge in [-0.05, 0) is 86.6 Å². The van der Waals surface area contributed by atoms with Gasteiger partial charge >= 0.3 is 0 Å². The van der Waals surface area contributed by atoms with Gasteiger partial charge in [0, 0.05) is 34.4 Å². The van der Waals surface area contributed by atoms with Crippen molar-refractivity contribution in [2.75, 3.05) is 19.1 Å². The van der Waals surface area contributed by atoms with Gasteiger partial charge in [0.15, 0.2) is 5.11 Å². The lowest BCUT2D eigenvalue weighted by atomic mass is 9.96. The first-order chi connectivity index (χ1) is 17.8. The molecule has 2 aromatic carbocycles. The number of ether oxygens (including phenoxy) is 2. The molecule has 190 valence electrons. The Hall–Kier alpha value is -3.55. The molecule has 0 saturated carbocycles. The van der Waals surface area contributed by atoms with Gasteiger partial charge in [0.05, 0.1) is 37.7 Å². The second-order valence-corrected chi connectivity index (χ2v) is 9.95. The number of nitrogens with zero attached hydrogens (tertiary/aromatic N) is 3. The van der Waals surface area contributed by atoms with E-state index in [1.54, 1.807) is 14.2 Å². The summed E-state index contributed by atoms with van der Waals surface area (Å²) in [6, 6.07) is 19.6. The summed E-state index contributed by atoms with van der Waals surface area (Å²) in [5, 5.41) is 4.85. The lowest BCUT2D eigenvalue weighted by Crippen LogP contribution is -2.30. The van der Waals surface area contributed by atoms with Crippen molar-refractivity contribution in [3.8, 4) is 17.2 Å². The van der Waals surface area contributed by atoms with E-state index in [9.17, 15) is 0 Å². The Morgan fingerprint density at radius 2 is 1.76 bits per heavy atom. The molecule has 1 fully saturated rings. The van der Waals surface area contributed by atoms with E-state index in [1.807, 2.05) is 60.8 Å². The smallest absolute Gasteiger partial charge is 0.174 e. The van der Waals surface area contributed by atoms with E-state index in [1.165, 1.54) is 0 Å². The molecule has 4 aromatic rings. The summed E-state index contributed by atoms with van der Waals surface area (Å²) in [4.78, 5) is 6.82.